The first-order chi connectivity index (χ1) is 17.4. The molecule has 2 N–H and O–H groups in total. The van der Waals surface area contributed by atoms with Crippen molar-refractivity contribution in [1.82, 2.24) is 10.6 Å². The van der Waals surface area contributed by atoms with Gasteiger partial charge in [-0.25, -0.2) is 0 Å². The van der Waals surface area contributed by atoms with Crippen LogP contribution in [0.15, 0.2) is 58.8 Å². The highest BCUT2D eigenvalue weighted by atomic mass is 16.5. The summed E-state index contributed by atoms with van der Waals surface area (Å²) >= 11 is 0. The van der Waals surface area contributed by atoms with Crippen LogP contribution in [0.1, 0.15) is 21.7 Å². The topological polar surface area (TPSA) is 117 Å². The number of methoxy groups -OCH3 is 5. The summed E-state index contributed by atoms with van der Waals surface area (Å²) < 4.78 is 31.9. The highest BCUT2D eigenvalue weighted by Gasteiger charge is 2.18. The fraction of sp³-hybridized carbons (Fsp3) is 0.231. The fourth-order valence-electron chi connectivity index (χ4n) is 3.36. The van der Waals surface area contributed by atoms with E-state index in [4.69, 9.17) is 28.1 Å². The minimum absolute atomic E-state index is 0.0165. The normalized spacial score (nSPS) is 10.9. The van der Waals surface area contributed by atoms with Gasteiger partial charge in [-0.05, 0) is 48.0 Å². The third-order valence-corrected chi connectivity index (χ3v) is 5.15. The molecule has 0 aliphatic rings. The molecule has 0 aliphatic carbocycles. The first-order valence-corrected chi connectivity index (χ1v) is 10.8. The maximum Gasteiger partial charge on any atom is 0.268 e. The Bertz CT molecular complexity index is 1210. The zero-order valence-corrected chi connectivity index (χ0v) is 20.7. The van der Waals surface area contributed by atoms with E-state index in [2.05, 4.69) is 10.6 Å². The van der Waals surface area contributed by atoms with Crippen molar-refractivity contribution in [2.24, 2.45) is 0 Å². The molecule has 3 rings (SSSR count). The van der Waals surface area contributed by atoms with Crippen LogP contribution < -0.4 is 34.3 Å². The van der Waals surface area contributed by atoms with Crippen LogP contribution >= 0.6 is 0 Å². The second-order valence-electron chi connectivity index (χ2n) is 7.31. The molecule has 0 unspecified atom stereocenters. The molecule has 36 heavy (non-hydrogen) atoms. The molecule has 190 valence electrons. The molecule has 2 aromatic carbocycles. The molecule has 0 fully saturated rings. The van der Waals surface area contributed by atoms with Crippen molar-refractivity contribution in [3.05, 3.63) is 71.3 Å². The number of benzene rings is 2. The van der Waals surface area contributed by atoms with Gasteiger partial charge in [0.15, 0.2) is 23.0 Å². The van der Waals surface area contributed by atoms with Gasteiger partial charge in [-0.15, -0.1) is 0 Å². The summed E-state index contributed by atoms with van der Waals surface area (Å²) in [7, 11) is 7.49. The van der Waals surface area contributed by atoms with Crippen LogP contribution in [0.4, 0.5) is 0 Å². The van der Waals surface area contributed by atoms with Gasteiger partial charge in [0.25, 0.3) is 11.8 Å². The first kappa shape index (κ1) is 26.0. The summed E-state index contributed by atoms with van der Waals surface area (Å²) in [5, 5.41) is 5.43. The molecule has 10 heteroatoms. The van der Waals surface area contributed by atoms with E-state index in [9.17, 15) is 9.59 Å². The zero-order valence-electron chi connectivity index (χ0n) is 20.7. The van der Waals surface area contributed by atoms with E-state index < -0.39 is 11.8 Å². The second kappa shape index (κ2) is 12.2. The lowest BCUT2D eigenvalue weighted by molar-refractivity contribution is -0.117. The third kappa shape index (κ3) is 6.09. The van der Waals surface area contributed by atoms with Gasteiger partial charge >= 0.3 is 0 Å². The minimum Gasteiger partial charge on any atom is -0.493 e. The smallest absolute Gasteiger partial charge is 0.268 e. The molecule has 3 aromatic rings. The predicted octanol–water partition coefficient (Wildman–Crippen LogP) is 3.41. The Hall–Kier alpha value is -4.60. The van der Waals surface area contributed by atoms with E-state index in [1.54, 1.807) is 36.4 Å². The molecule has 0 saturated heterocycles. The first-order valence-electron chi connectivity index (χ1n) is 10.8. The molecular weight excluding hydrogens is 468 g/mol. The van der Waals surface area contributed by atoms with Gasteiger partial charge in [0.2, 0.25) is 5.75 Å². The van der Waals surface area contributed by atoms with E-state index in [1.807, 2.05) is 0 Å². The summed E-state index contributed by atoms with van der Waals surface area (Å²) in [4.78, 5) is 26.1. The quantitative estimate of drug-likeness (QED) is 0.388. The Kier molecular flexibility index (Phi) is 8.82. The average molecular weight is 497 g/mol. The number of carbonyl (C=O) groups excluding carboxylic acids is 2. The largest absolute Gasteiger partial charge is 0.493 e. The Morgan fingerprint density at radius 2 is 1.50 bits per heavy atom. The summed E-state index contributed by atoms with van der Waals surface area (Å²) in [6.45, 7) is 0.122. The highest BCUT2D eigenvalue weighted by molar-refractivity contribution is 6.05. The van der Waals surface area contributed by atoms with Crippen molar-refractivity contribution < 1.29 is 37.7 Å². The van der Waals surface area contributed by atoms with Crippen LogP contribution in [0.2, 0.25) is 0 Å². The predicted molar refractivity (Wildman–Crippen MR) is 132 cm³/mol. The van der Waals surface area contributed by atoms with Crippen molar-refractivity contribution in [3.8, 4) is 28.7 Å². The molecule has 0 spiro atoms. The summed E-state index contributed by atoms with van der Waals surface area (Å²) in [6.07, 6.45) is 2.90. The molecule has 0 radical (unpaired) electrons. The minimum atomic E-state index is -0.533. The van der Waals surface area contributed by atoms with Gasteiger partial charge in [0, 0.05) is 18.2 Å². The van der Waals surface area contributed by atoms with Crippen molar-refractivity contribution in [2.45, 2.75) is 6.54 Å². The molecule has 1 aromatic heterocycles. The lowest BCUT2D eigenvalue weighted by Crippen LogP contribution is -2.34. The maximum atomic E-state index is 13.1. The number of furan rings is 1. The van der Waals surface area contributed by atoms with Gasteiger partial charge in [0.05, 0.1) is 41.8 Å². The summed E-state index contributed by atoms with van der Waals surface area (Å²) in [6, 6.07) is 11.5. The van der Waals surface area contributed by atoms with Gasteiger partial charge in [-0.3, -0.25) is 9.59 Å². The highest BCUT2D eigenvalue weighted by Crippen LogP contribution is 2.38. The number of rotatable bonds is 11. The van der Waals surface area contributed by atoms with E-state index in [0.29, 0.717) is 40.1 Å². The van der Waals surface area contributed by atoms with Crippen LogP contribution in [0.25, 0.3) is 6.08 Å². The van der Waals surface area contributed by atoms with Crippen molar-refractivity contribution in [3.63, 3.8) is 0 Å². The number of hydrogen-bond donors (Lipinski definition) is 2. The zero-order chi connectivity index (χ0) is 26.1. The van der Waals surface area contributed by atoms with E-state index in [1.165, 1.54) is 54.0 Å². The van der Waals surface area contributed by atoms with E-state index in [-0.39, 0.29) is 17.8 Å². The fourth-order valence-corrected chi connectivity index (χ4v) is 3.36. The second-order valence-corrected chi connectivity index (χ2v) is 7.31. The van der Waals surface area contributed by atoms with Gasteiger partial charge < -0.3 is 38.7 Å². The molecule has 10 nitrogen and oxygen atoms in total. The number of ether oxygens (including phenoxy) is 5. The Balaban J connectivity index is 1.82. The monoisotopic (exact) mass is 496 g/mol. The lowest BCUT2D eigenvalue weighted by atomic mass is 10.1. The Morgan fingerprint density at radius 1 is 0.833 bits per heavy atom. The van der Waals surface area contributed by atoms with Crippen LogP contribution in [0.5, 0.6) is 28.7 Å². The SMILES string of the molecule is COc1ccc(C(=O)N/C(=C\c2ccco2)C(=O)NCc2cc(OC)c(OC)c(OC)c2)cc1OC. The van der Waals surface area contributed by atoms with Crippen LogP contribution in [-0.2, 0) is 11.3 Å². The van der Waals surface area contributed by atoms with E-state index >= 15 is 0 Å². The number of hydrogen-bond acceptors (Lipinski definition) is 8. The number of nitrogens with one attached hydrogen (secondary N) is 2. The third-order valence-electron chi connectivity index (χ3n) is 5.15. The molecule has 1 heterocycles. The van der Waals surface area contributed by atoms with E-state index in [0.717, 1.165) is 0 Å². The standard InChI is InChI=1S/C26H28N2O8/c1-31-20-9-8-17(13-21(20)32-2)25(29)28-19(14-18-7-6-10-36-18)26(30)27-15-16-11-22(33-3)24(35-5)23(12-16)34-4/h6-14H,15H2,1-5H3,(H,27,30)(H,28,29)/b19-14-. The van der Waals surface area contributed by atoms with Crippen molar-refractivity contribution >= 4 is 17.9 Å². The number of amides is 2. The Morgan fingerprint density at radius 3 is 2.06 bits per heavy atom. The molecule has 0 saturated carbocycles. The molecule has 0 atom stereocenters. The summed E-state index contributed by atoms with van der Waals surface area (Å²) in [5.74, 6) is 1.54. The van der Waals surface area contributed by atoms with Crippen molar-refractivity contribution in [1.29, 1.82) is 0 Å². The Labute approximate surface area is 208 Å². The van der Waals surface area contributed by atoms with Crippen LogP contribution in [0.3, 0.4) is 0 Å². The number of carbonyl (C=O) groups is 2. The van der Waals surface area contributed by atoms with Gasteiger partial charge in [0.1, 0.15) is 11.5 Å². The molecule has 2 amide bonds. The van der Waals surface area contributed by atoms with Crippen LogP contribution in [-0.4, -0.2) is 47.4 Å². The molecular formula is C26H28N2O8. The van der Waals surface area contributed by atoms with Gasteiger partial charge in [-0.2, -0.15) is 0 Å². The maximum absolute atomic E-state index is 13.1. The van der Waals surface area contributed by atoms with Gasteiger partial charge in [-0.1, -0.05) is 0 Å². The summed E-state index contributed by atoms with van der Waals surface area (Å²) in [5.41, 5.74) is 0.953. The molecule has 0 bridgehead atoms. The molecule has 0 aliphatic heterocycles. The lowest BCUT2D eigenvalue weighted by Gasteiger charge is -2.15. The van der Waals surface area contributed by atoms with Crippen molar-refractivity contribution in [2.75, 3.05) is 35.5 Å². The average Bonchev–Trinajstić information content (AvgIpc) is 3.43. The van der Waals surface area contributed by atoms with Crippen LogP contribution in [0, 0.1) is 0 Å².